The maximum Gasteiger partial charge on any atom is 0.282 e. The number of halogens is 1. The Morgan fingerprint density at radius 3 is 2.29 bits per heavy atom. The number of anilines is 1. The Morgan fingerprint density at radius 1 is 0.952 bits per heavy atom. The summed E-state index contributed by atoms with van der Waals surface area (Å²) < 4.78 is 0. The van der Waals surface area contributed by atoms with Gasteiger partial charge in [-0.05, 0) is 35.9 Å². The van der Waals surface area contributed by atoms with Crippen molar-refractivity contribution in [2.24, 2.45) is 0 Å². The van der Waals surface area contributed by atoms with Crippen LogP contribution in [-0.2, 0) is 9.59 Å². The van der Waals surface area contributed by atoms with E-state index >= 15 is 0 Å². The summed E-state index contributed by atoms with van der Waals surface area (Å²) in [5.74, 6) is -0.801. The zero-order valence-corrected chi connectivity index (χ0v) is 11.7. The van der Waals surface area contributed by atoms with Crippen LogP contribution in [0.4, 0.5) is 5.69 Å². The quantitative estimate of drug-likeness (QED) is 0.684. The van der Waals surface area contributed by atoms with Gasteiger partial charge in [-0.3, -0.25) is 15.0 Å². The van der Waals surface area contributed by atoms with Gasteiger partial charge in [-0.1, -0.05) is 41.9 Å². The number of nitrogens with one attached hydrogen (secondary N) is 1. The average Bonchev–Trinajstić information content (AvgIpc) is 2.77. The Hall–Kier alpha value is -2.59. The average molecular weight is 299 g/mol. The topological polar surface area (TPSA) is 49.4 Å². The van der Waals surface area contributed by atoms with Crippen LogP contribution < -0.4 is 10.4 Å². The standard InChI is InChI=1S/C16H11ClN2O2/c17-12-6-8-13(9-7-12)19-16(21)14(15(20)18-19)10-11-4-2-1-3-5-11/h1-10H,(H,18,20)/b14-10-. The van der Waals surface area contributed by atoms with Crippen molar-refractivity contribution in [3.8, 4) is 0 Å². The molecular weight excluding hydrogens is 288 g/mol. The predicted octanol–water partition coefficient (Wildman–Crippen LogP) is 2.80. The van der Waals surface area contributed by atoms with Crippen molar-refractivity contribution in [2.45, 2.75) is 0 Å². The molecule has 1 heterocycles. The summed E-state index contributed by atoms with van der Waals surface area (Å²) in [6, 6.07) is 15.9. The third kappa shape index (κ3) is 2.66. The van der Waals surface area contributed by atoms with Gasteiger partial charge >= 0.3 is 0 Å². The van der Waals surface area contributed by atoms with Crippen LogP contribution in [0.15, 0.2) is 60.2 Å². The highest BCUT2D eigenvalue weighted by Gasteiger charge is 2.34. The first-order chi connectivity index (χ1) is 10.1. The predicted molar refractivity (Wildman–Crippen MR) is 81.5 cm³/mol. The molecule has 21 heavy (non-hydrogen) atoms. The summed E-state index contributed by atoms with van der Waals surface area (Å²) in [5.41, 5.74) is 4.01. The minimum Gasteiger partial charge on any atom is -0.267 e. The Kier molecular flexibility index (Phi) is 3.46. The van der Waals surface area contributed by atoms with E-state index in [1.165, 1.54) is 5.01 Å². The maximum absolute atomic E-state index is 12.3. The number of hydrogen-bond donors (Lipinski definition) is 1. The van der Waals surface area contributed by atoms with Gasteiger partial charge in [0.1, 0.15) is 5.57 Å². The zero-order valence-electron chi connectivity index (χ0n) is 10.9. The van der Waals surface area contributed by atoms with E-state index in [9.17, 15) is 9.59 Å². The van der Waals surface area contributed by atoms with Crippen molar-refractivity contribution in [2.75, 3.05) is 5.01 Å². The number of carbonyl (C=O) groups is 2. The second-order valence-electron chi connectivity index (χ2n) is 4.53. The largest absolute Gasteiger partial charge is 0.282 e. The van der Waals surface area contributed by atoms with Crippen LogP contribution in [0.5, 0.6) is 0 Å². The van der Waals surface area contributed by atoms with Gasteiger partial charge in [0, 0.05) is 5.02 Å². The molecule has 104 valence electrons. The van der Waals surface area contributed by atoms with E-state index in [-0.39, 0.29) is 11.5 Å². The van der Waals surface area contributed by atoms with Crippen LogP contribution in [0.1, 0.15) is 5.56 Å². The number of nitrogens with zero attached hydrogens (tertiary/aromatic N) is 1. The molecule has 0 spiro atoms. The molecule has 2 aromatic carbocycles. The van der Waals surface area contributed by atoms with E-state index in [2.05, 4.69) is 5.43 Å². The highest BCUT2D eigenvalue weighted by Crippen LogP contribution is 2.22. The lowest BCUT2D eigenvalue weighted by Crippen LogP contribution is -2.35. The smallest absolute Gasteiger partial charge is 0.267 e. The number of rotatable bonds is 2. The van der Waals surface area contributed by atoms with Crippen molar-refractivity contribution in [3.05, 3.63) is 70.8 Å². The normalized spacial score (nSPS) is 16.4. The fraction of sp³-hybridized carbons (Fsp3) is 0. The van der Waals surface area contributed by atoms with Gasteiger partial charge < -0.3 is 0 Å². The van der Waals surface area contributed by atoms with Crippen molar-refractivity contribution in [1.29, 1.82) is 0 Å². The molecule has 4 nitrogen and oxygen atoms in total. The molecule has 0 aliphatic carbocycles. The first-order valence-corrected chi connectivity index (χ1v) is 6.71. The number of amides is 2. The molecule has 0 radical (unpaired) electrons. The summed E-state index contributed by atoms with van der Waals surface area (Å²) in [4.78, 5) is 24.3. The molecule has 0 atom stereocenters. The first kappa shape index (κ1) is 13.4. The molecule has 1 aliphatic heterocycles. The lowest BCUT2D eigenvalue weighted by Gasteiger charge is -2.14. The van der Waals surface area contributed by atoms with Crippen molar-refractivity contribution >= 4 is 35.2 Å². The van der Waals surface area contributed by atoms with Crippen LogP contribution in [0.3, 0.4) is 0 Å². The van der Waals surface area contributed by atoms with Crippen LogP contribution in [0, 0.1) is 0 Å². The number of hydrogen-bond acceptors (Lipinski definition) is 2. The van der Waals surface area contributed by atoms with Crippen LogP contribution in [0.2, 0.25) is 5.02 Å². The van der Waals surface area contributed by atoms with Gasteiger partial charge in [-0.2, -0.15) is 0 Å². The van der Waals surface area contributed by atoms with Gasteiger partial charge in [-0.25, -0.2) is 5.01 Å². The van der Waals surface area contributed by atoms with Gasteiger partial charge in [0.2, 0.25) is 0 Å². The highest BCUT2D eigenvalue weighted by molar-refractivity contribution is 6.32. The first-order valence-electron chi connectivity index (χ1n) is 6.33. The molecule has 1 N–H and O–H groups in total. The molecule has 5 heteroatoms. The molecule has 0 aromatic heterocycles. The van der Waals surface area contributed by atoms with Crippen molar-refractivity contribution in [3.63, 3.8) is 0 Å². The molecule has 1 saturated heterocycles. The summed E-state index contributed by atoms with van der Waals surface area (Å²) in [6.45, 7) is 0. The molecule has 1 aliphatic rings. The molecule has 3 rings (SSSR count). The van der Waals surface area contributed by atoms with E-state index < -0.39 is 5.91 Å². The van der Waals surface area contributed by atoms with E-state index in [1.54, 1.807) is 30.3 Å². The van der Waals surface area contributed by atoms with E-state index in [4.69, 9.17) is 11.6 Å². The fourth-order valence-electron chi connectivity index (χ4n) is 2.05. The van der Waals surface area contributed by atoms with Gasteiger partial charge in [0.05, 0.1) is 5.69 Å². The number of hydrazine groups is 1. The minimum absolute atomic E-state index is 0.108. The zero-order chi connectivity index (χ0) is 14.8. The molecule has 0 bridgehead atoms. The molecular formula is C16H11ClN2O2. The molecule has 0 saturated carbocycles. The van der Waals surface area contributed by atoms with Crippen LogP contribution >= 0.6 is 11.6 Å². The van der Waals surface area contributed by atoms with E-state index in [0.717, 1.165) is 5.56 Å². The Bertz CT molecular complexity index is 724. The number of carbonyl (C=O) groups excluding carboxylic acids is 2. The lowest BCUT2D eigenvalue weighted by atomic mass is 10.1. The summed E-state index contributed by atoms with van der Waals surface area (Å²) in [5, 5.41) is 1.78. The molecule has 2 aromatic rings. The molecule has 0 unspecified atom stereocenters. The second-order valence-corrected chi connectivity index (χ2v) is 4.96. The van der Waals surface area contributed by atoms with Gasteiger partial charge in [0.25, 0.3) is 11.8 Å². The maximum atomic E-state index is 12.3. The highest BCUT2D eigenvalue weighted by atomic mass is 35.5. The van der Waals surface area contributed by atoms with Crippen molar-refractivity contribution < 1.29 is 9.59 Å². The van der Waals surface area contributed by atoms with Gasteiger partial charge in [-0.15, -0.1) is 0 Å². The minimum atomic E-state index is -0.418. The third-order valence-electron chi connectivity index (χ3n) is 3.09. The second kappa shape index (κ2) is 5.42. The Morgan fingerprint density at radius 2 is 1.62 bits per heavy atom. The van der Waals surface area contributed by atoms with E-state index in [1.807, 2.05) is 30.3 Å². The third-order valence-corrected chi connectivity index (χ3v) is 3.34. The van der Waals surface area contributed by atoms with Crippen LogP contribution in [-0.4, -0.2) is 11.8 Å². The Labute approximate surface area is 126 Å². The molecule has 1 fully saturated rings. The number of benzene rings is 2. The van der Waals surface area contributed by atoms with E-state index in [0.29, 0.717) is 10.7 Å². The Balaban J connectivity index is 1.92. The monoisotopic (exact) mass is 298 g/mol. The lowest BCUT2D eigenvalue weighted by molar-refractivity contribution is -0.117. The van der Waals surface area contributed by atoms with Crippen LogP contribution in [0.25, 0.3) is 6.08 Å². The van der Waals surface area contributed by atoms with Crippen molar-refractivity contribution in [1.82, 2.24) is 5.43 Å². The summed E-state index contributed by atoms with van der Waals surface area (Å²) >= 11 is 5.82. The fourth-order valence-corrected chi connectivity index (χ4v) is 2.17. The van der Waals surface area contributed by atoms with Gasteiger partial charge in [0.15, 0.2) is 0 Å². The SMILES string of the molecule is O=C1NN(c2ccc(Cl)cc2)C(=O)/C1=C\c1ccccc1. The summed E-state index contributed by atoms with van der Waals surface area (Å²) in [7, 11) is 0. The summed E-state index contributed by atoms with van der Waals surface area (Å²) in [6.07, 6.45) is 1.58. The molecule has 2 amide bonds.